The van der Waals surface area contributed by atoms with Gasteiger partial charge in [0, 0.05) is 22.7 Å². The second-order valence-corrected chi connectivity index (χ2v) is 6.26. The molecule has 0 amide bonds. The van der Waals surface area contributed by atoms with Crippen molar-refractivity contribution in [1.29, 1.82) is 0 Å². The number of hydrogen-bond acceptors (Lipinski definition) is 5. The molecule has 2 aromatic carbocycles. The lowest BCUT2D eigenvalue weighted by Gasteiger charge is -2.07. The van der Waals surface area contributed by atoms with Crippen molar-refractivity contribution in [3.63, 3.8) is 0 Å². The van der Waals surface area contributed by atoms with Crippen LogP contribution in [0.1, 0.15) is 41.5 Å². The third kappa shape index (κ3) is 4.46. The molecule has 0 bridgehead atoms. The molecule has 3 aromatic rings. The van der Waals surface area contributed by atoms with E-state index >= 15 is 0 Å². The van der Waals surface area contributed by atoms with Crippen molar-refractivity contribution in [2.45, 2.75) is 32.9 Å². The number of nitrogens with zero attached hydrogens (tertiary/aromatic N) is 4. The molecule has 26 heavy (non-hydrogen) atoms. The number of unbranched alkanes of at least 4 members (excludes halogenated alkanes) is 1. The molecule has 3 rings (SSSR count). The van der Waals surface area contributed by atoms with Gasteiger partial charge in [-0.15, -0.1) is 5.10 Å². The van der Waals surface area contributed by atoms with Gasteiger partial charge < -0.3 is 4.74 Å². The lowest BCUT2D eigenvalue weighted by atomic mass is 10.0. The Kier molecular flexibility index (Phi) is 5.96. The predicted octanol–water partition coefficient (Wildman–Crippen LogP) is 3.94. The van der Waals surface area contributed by atoms with Gasteiger partial charge in [0.2, 0.25) is 0 Å². The van der Waals surface area contributed by atoms with Gasteiger partial charge in [0.1, 0.15) is 12.4 Å². The van der Waals surface area contributed by atoms with E-state index in [-0.39, 0.29) is 12.4 Å². The maximum absolute atomic E-state index is 12.4. The first-order valence-corrected chi connectivity index (χ1v) is 8.83. The second kappa shape index (κ2) is 8.58. The molecular formula is C19H19ClN4O2. The number of ether oxygens (including phenoxy) is 1. The number of aromatic nitrogens is 4. The van der Waals surface area contributed by atoms with E-state index in [0.29, 0.717) is 27.7 Å². The Labute approximate surface area is 156 Å². The lowest BCUT2D eigenvalue weighted by Crippen LogP contribution is -2.09. The maximum Gasteiger partial charge on any atom is 0.193 e. The smallest absolute Gasteiger partial charge is 0.193 e. The number of hydrogen-bond donors (Lipinski definition) is 0. The summed E-state index contributed by atoms with van der Waals surface area (Å²) in [7, 11) is 0. The van der Waals surface area contributed by atoms with E-state index in [2.05, 4.69) is 22.4 Å². The van der Waals surface area contributed by atoms with Crippen LogP contribution in [0.2, 0.25) is 5.02 Å². The van der Waals surface area contributed by atoms with Crippen LogP contribution in [-0.2, 0) is 13.2 Å². The molecule has 0 aliphatic carbocycles. The summed E-state index contributed by atoms with van der Waals surface area (Å²) in [4.78, 5) is 12.4. The molecule has 1 heterocycles. The van der Waals surface area contributed by atoms with Gasteiger partial charge in [-0.3, -0.25) is 4.79 Å². The van der Waals surface area contributed by atoms with Crippen LogP contribution in [-0.4, -0.2) is 26.0 Å². The minimum absolute atomic E-state index is 0.0586. The van der Waals surface area contributed by atoms with Gasteiger partial charge >= 0.3 is 0 Å². The van der Waals surface area contributed by atoms with Crippen molar-refractivity contribution in [3.8, 4) is 5.75 Å². The van der Waals surface area contributed by atoms with Crippen LogP contribution in [0.3, 0.4) is 0 Å². The summed E-state index contributed by atoms with van der Waals surface area (Å²) in [5.74, 6) is 1.28. The number of tetrazole rings is 1. The Morgan fingerprint density at radius 1 is 1.08 bits per heavy atom. The Balaban J connectivity index is 1.62. The third-order valence-corrected chi connectivity index (χ3v) is 4.17. The molecule has 0 atom stereocenters. The Bertz CT molecular complexity index is 860. The zero-order chi connectivity index (χ0) is 18.4. The van der Waals surface area contributed by atoms with Gasteiger partial charge in [-0.1, -0.05) is 24.9 Å². The first kappa shape index (κ1) is 18.1. The van der Waals surface area contributed by atoms with Crippen LogP contribution in [0.4, 0.5) is 0 Å². The lowest BCUT2D eigenvalue weighted by molar-refractivity contribution is 0.103. The Hall–Kier alpha value is -2.73. The van der Waals surface area contributed by atoms with E-state index < -0.39 is 0 Å². The van der Waals surface area contributed by atoms with Crippen molar-refractivity contribution in [3.05, 3.63) is 70.5 Å². The number of ketones is 1. The summed E-state index contributed by atoms with van der Waals surface area (Å²) in [5.41, 5.74) is 1.19. The molecule has 0 aliphatic heterocycles. The molecule has 134 valence electrons. The number of rotatable bonds is 8. The van der Waals surface area contributed by atoms with Crippen molar-refractivity contribution in [1.82, 2.24) is 20.2 Å². The first-order valence-electron chi connectivity index (χ1n) is 8.45. The van der Waals surface area contributed by atoms with Gasteiger partial charge in [0.25, 0.3) is 0 Å². The van der Waals surface area contributed by atoms with Crippen molar-refractivity contribution >= 4 is 17.4 Å². The summed E-state index contributed by atoms with van der Waals surface area (Å²) in [6, 6.07) is 13.9. The summed E-state index contributed by atoms with van der Waals surface area (Å²) < 4.78 is 7.49. The van der Waals surface area contributed by atoms with E-state index in [9.17, 15) is 4.79 Å². The summed E-state index contributed by atoms with van der Waals surface area (Å²) >= 11 is 5.86. The number of aryl methyl sites for hydroxylation is 1. The van der Waals surface area contributed by atoms with E-state index in [1.54, 1.807) is 53.2 Å². The first-order chi connectivity index (χ1) is 12.7. The van der Waals surface area contributed by atoms with Crippen LogP contribution in [0.15, 0.2) is 48.5 Å². The largest absolute Gasteiger partial charge is 0.486 e. The highest BCUT2D eigenvalue weighted by Crippen LogP contribution is 2.18. The summed E-state index contributed by atoms with van der Waals surface area (Å²) in [5, 5.41) is 12.2. The molecule has 0 aliphatic rings. The van der Waals surface area contributed by atoms with Gasteiger partial charge in [-0.25, -0.2) is 4.68 Å². The van der Waals surface area contributed by atoms with Gasteiger partial charge in [0.15, 0.2) is 11.6 Å². The molecule has 7 heteroatoms. The van der Waals surface area contributed by atoms with Gasteiger partial charge in [-0.05, 0) is 65.4 Å². The van der Waals surface area contributed by atoms with E-state index in [1.807, 2.05) is 0 Å². The standard InChI is InChI=1S/C19H19ClN4O2/c1-2-3-12-24-18(21-22-23-24)13-26-17-10-6-15(7-11-17)19(25)14-4-8-16(20)9-5-14/h4-11H,2-3,12-13H2,1H3. The fourth-order valence-electron chi connectivity index (χ4n) is 2.43. The predicted molar refractivity (Wildman–Crippen MR) is 98.4 cm³/mol. The number of benzene rings is 2. The molecule has 6 nitrogen and oxygen atoms in total. The van der Waals surface area contributed by atoms with Gasteiger partial charge in [-0.2, -0.15) is 0 Å². The maximum atomic E-state index is 12.4. The molecule has 0 saturated heterocycles. The average Bonchev–Trinajstić information content (AvgIpc) is 3.12. The topological polar surface area (TPSA) is 69.9 Å². The summed E-state index contributed by atoms with van der Waals surface area (Å²) in [6.07, 6.45) is 2.09. The average molecular weight is 371 g/mol. The van der Waals surface area contributed by atoms with E-state index in [4.69, 9.17) is 16.3 Å². The minimum atomic E-state index is -0.0586. The highest BCUT2D eigenvalue weighted by Gasteiger charge is 2.10. The molecule has 0 N–H and O–H groups in total. The van der Waals surface area contributed by atoms with Crippen molar-refractivity contribution in [2.24, 2.45) is 0 Å². The molecule has 0 unspecified atom stereocenters. The molecule has 0 fully saturated rings. The van der Waals surface area contributed by atoms with E-state index in [1.165, 1.54) is 0 Å². The molecule has 0 spiro atoms. The van der Waals surface area contributed by atoms with Gasteiger partial charge in [0.05, 0.1) is 0 Å². The second-order valence-electron chi connectivity index (χ2n) is 5.82. The number of carbonyl (C=O) groups excluding carboxylic acids is 1. The molecule has 0 radical (unpaired) electrons. The van der Waals surface area contributed by atoms with Crippen LogP contribution >= 0.6 is 11.6 Å². The van der Waals surface area contributed by atoms with Crippen molar-refractivity contribution < 1.29 is 9.53 Å². The fraction of sp³-hybridized carbons (Fsp3) is 0.263. The zero-order valence-corrected chi connectivity index (χ0v) is 15.2. The van der Waals surface area contributed by atoms with Crippen LogP contribution in [0.25, 0.3) is 0 Å². The molecule has 0 saturated carbocycles. The highest BCUT2D eigenvalue weighted by molar-refractivity contribution is 6.30. The normalized spacial score (nSPS) is 10.7. The fourth-order valence-corrected chi connectivity index (χ4v) is 2.55. The number of halogens is 1. The van der Waals surface area contributed by atoms with Crippen LogP contribution in [0, 0.1) is 0 Å². The minimum Gasteiger partial charge on any atom is -0.486 e. The quantitative estimate of drug-likeness (QED) is 0.562. The number of carbonyl (C=O) groups is 1. The highest BCUT2D eigenvalue weighted by atomic mass is 35.5. The Morgan fingerprint density at radius 3 is 2.38 bits per heavy atom. The molecule has 1 aromatic heterocycles. The summed E-state index contributed by atoms with van der Waals surface area (Å²) in [6.45, 7) is 3.17. The van der Waals surface area contributed by atoms with Crippen LogP contribution < -0.4 is 4.74 Å². The Morgan fingerprint density at radius 2 is 1.73 bits per heavy atom. The van der Waals surface area contributed by atoms with E-state index in [0.717, 1.165) is 19.4 Å². The molecular weight excluding hydrogens is 352 g/mol. The van der Waals surface area contributed by atoms with Crippen LogP contribution in [0.5, 0.6) is 5.75 Å². The van der Waals surface area contributed by atoms with Crippen molar-refractivity contribution in [2.75, 3.05) is 0 Å². The SMILES string of the molecule is CCCCn1nnnc1COc1ccc(C(=O)c2ccc(Cl)cc2)cc1. The third-order valence-electron chi connectivity index (χ3n) is 3.92. The zero-order valence-electron chi connectivity index (χ0n) is 14.4. The monoisotopic (exact) mass is 370 g/mol.